The molecule has 149 heavy (non-hydrogen) atoms. The van der Waals surface area contributed by atoms with Crippen molar-refractivity contribution in [2.45, 2.75) is 403 Å². The van der Waals surface area contributed by atoms with Crippen molar-refractivity contribution in [2.24, 2.45) is 61.6 Å². The lowest BCUT2D eigenvalue weighted by molar-refractivity contribution is -0.125. The zero-order chi connectivity index (χ0) is 118. The van der Waals surface area contributed by atoms with E-state index in [0.717, 1.165) is 84.4 Å². The molecular weight excluding hydrogens is 1880 g/mol. The molecule has 0 spiro atoms. The van der Waals surface area contributed by atoms with E-state index < -0.39 is 0 Å². The third-order valence-corrected chi connectivity index (χ3v) is 23.4. The Labute approximate surface area is 916 Å². The van der Waals surface area contributed by atoms with Crippen LogP contribution < -0.4 is 0 Å². The first-order valence-corrected chi connectivity index (χ1v) is 53.3. The van der Waals surface area contributed by atoms with Crippen LogP contribution in [-0.2, 0) is 67.3 Å². The Kier molecular flexibility index (Phi) is 64.3. The Morgan fingerprint density at radius 2 is 0.987 bits per heavy atom. The zero-order valence-electron chi connectivity index (χ0n) is 102. The standard InChI is InChI=1S/C11H19NO.2C10H16O.C9H14N2.C9H12N2.C9H14N2.C9H12N2.2C9H11NS.C9H16O.C8H14N2.C8H14O.C7H12O.C6H12.C5H8/c1-5-10(13)12-7-6-9(8-12)11(2,3)4;1-10(2,3)8-5-4-6-9(11)7-8;1-10(2,3)8-6-4-5-7-9(8)11;2*1-5-8-10-6-7-11(8)9(2,3)4;2*1-5-8-6-7-11(10-8)9(2,3)4;1-5-8-10-7(6-11-8)9(2,3)4;1-5-8-7(6-11-10-8)9(2,3)4;1-7(2)6-8(10)9(3,4)5;1-7-5-6-10(9-7)8(2,3)4;1-5-6-7(9)8(2,3)4;1-5-6(8)7(2,3)4;1-5-6(2,3)4;1-4-5(2)3/h5,9H,1,6-8H2,2-4H3;4,6,8H,5,7H2,1-3H3;5,7-8H,4,6H2,1-3H3;5-7H,1H2,2-4H3;1,6-7H,2-4H3;5-7H,1H2,2-4H3;1,6-7H,2-4H3;2*1,6H,2-4H3;6H,1-5H3;5-6H,1-4H3;5-6H,1-4H3;5H,1H2,2-4H3;5H,1H2,2-4H3;1,5H,2-3H3/b;;;;;;;;;;;6-5+;;;. The monoisotopic (exact) mass is 2080 g/mol. The van der Waals surface area contributed by atoms with Crippen LogP contribution in [0, 0.1) is 130 Å². The van der Waals surface area contributed by atoms with Crippen molar-refractivity contribution < 1.29 is 28.8 Å². The van der Waals surface area contributed by atoms with Crippen molar-refractivity contribution in [3.8, 4) is 61.7 Å². The van der Waals surface area contributed by atoms with E-state index in [9.17, 15) is 28.8 Å². The minimum atomic E-state index is -0.248. The van der Waals surface area contributed by atoms with Gasteiger partial charge in [-0.25, -0.2) is 15.0 Å². The van der Waals surface area contributed by atoms with Crippen LogP contribution in [0.15, 0.2) is 172 Å². The highest BCUT2D eigenvalue weighted by atomic mass is 32.1. The molecule has 7 aromatic rings. The molecule has 19 nitrogen and oxygen atoms in total. The minimum absolute atomic E-state index is 0.0229. The summed E-state index contributed by atoms with van der Waals surface area (Å²) in [5, 5.41) is 17.6. The smallest absolute Gasteiger partial charge is 0.245 e. The molecule has 3 atom stereocenters. The van der Waals surface area contributed by atoms with Crippen LogP contribution >= 0.6 is 22.9 Å². The van der Waals surface area contributed by atoms with E-state index in [1.807, 2.05) is 206 Å². The van der Waals surface area contributed by atoms with Gasteiger partial charge in [-0.05, 0) is 298 Å². The SMILES string of the molecule is C#CC(C)C.C#Cc1ccn(C(C)(C)C)n1.C#Cc1nc(C(C)(C)C)cs1.C#Cc1nccn1C(C)(C)C.C#Cc1nscc1C(C)(C)C.C/C=C/C(=O)C(C)(C)C.C=CC(=O)C(C)(C)C.C=CC(=O)N1CCC(C(C)(C)C)C1.C=CC(C)(C)C.C=Cc1ccn(C(C)(C)C)n1.C=Cc1nccn1C(C)(C)C.CC(C)(C)C1CC=CC(=O)C1.CC(C)(C)C1CCC=CC1=O.CC(C)=CC(=O)C(C)(C)C.Cc1ccn(C(C)(C)C)n1. The maximum absolute atomic E-state index is 11.4. The van der Waals surface area contributed by atoms with Crippen molar-refractivity contribution in [3.05, 3.63) is 222 Å². The topological polar surface area (TPSA) is 221 Å². The van der Waals surface area contributed by atoms with Crippen LogP contribution in [0.25, 0.3) is 12.2 Å². The van der Waals surface area contributed by atoms with Gasteiger partial charge in [0.05, 0.1) is 33.7 Å². The molecule has 826 valence electrons. The van der Waals surface area contributed by atoms with Crippen molar-refractivity contribution in [1.29, 1.82) is 0 Å². The first kappa shape index (κ1) is 146. The van der Waals surface area contributed by atoms with Crippen LogP contribution in [0.4, 0.5) is 0 Å². The third kappa shape index (κ3) is 65.3. The number of amides is 1. The van der Waals surface area contributed by atoms with E-state index in [4.69, 9.17) is 32.1 Å². The van der Waals surface area contributed by atoms with E-state index in [0.29, 0.717) is 45.9 Å². The molecule has 0 saturated carbocycles. The summed E-state index contributed by atoms with van der Waals surface area (Å²) in [5.74, 6) is 17.3. The maximum atomic E-state index is 11.4. The van der Waals surface area contributed by atoms with Gasteiger partial charge in [0.2, 0.25) is 5.91 Å². The number of hydrogen-bond acceptors (Lipinski definition) is 15. The number of carbonyl (C=O) groups is 6. The second-order valence-corrected chi connectivity index (χ2v) is 53.1. The average molecular weight is 2080 g/mol. The first-order valence-electron chi connectivity index (χ1n) is 51.6. The molecule has 7 aromatic heterocycles. The molecule has 21 heteroatoms. The lowest BCUT2D eigenvalue weighted by Gasteiger charge is -2.30. The second kappa shape index (κ2) is 65.6. The molecule has 0 aromatic carbocycles. The van der Waals surface area contributed by atoms with Gasteiger partial charge in [0.15, 0.2) is 39.7 Å². The lowest BCUT2D eigenvalue weighted by atomic mass is 9.74. The summed E-state index contributed by atoms with van der Waals surface area (Å²) in [6, 6.07) is 5.81. The fraction of sp³-hybridized carbons (Fsp3) is 0.570. The summed E-state index contributed by atoms with van der Waals surface area (Å²) in [4.78, 5) is 80.9. The predicted molar refractivity (Wildman–Crippen MR) is 643 cm³/mol. The molecule has 3 aliphatic rings. The van der Waals surface area contributed by atoms with E-state index in [1.54, 1.807) is 54.9 Å². The molecule has 0 bridgehead atoms. The van der Waals surface area contributed by atoms with E-state index in [1.165, 1.54) is 40.6 Å². The summed E-state index contributed by atoms with van der Waals surface area (Å²) < 4.78 is 14.0. The predicted octanol–water partition coefficient (Wildman–Crippen LogP) is 31.8. The number of thiazole rings is 1. The number of terminal acetylenes is 5. The normalized spacial score (nSPS) is 14.4. The van der Waals surface area contributed by atoms with Crippen LogP contribution in [-0.4, -0.2) is 111 Å². The Bertz CT molecular complexity index is 5450. The summed E-state index contributed by atoms with van der Waals surface area (Å²) in [6.07, 6.45) is 64.9. The summed E-state index contributed by atoms with van der Waals surface area (Å²) >= 11 is 2.95. The van der Waals surface area contributed by atoms with Gasteiger partial charge in [0.1, 0.15) is 17.2 Å². The maximum Gasteiger partial charge on any atom is 0.245 e. The Morgan fingerprint density at radius 3 is 1.24 bits per heavy atom. The summed E-state index contributed by atoms with van der Waals surface area (Å²) in [7, 11) is 0. The minimum Gasteiger partial charge on any atom is -0.339 e. The van der Waals surface area contributed by atoms with Crippen molar-refractivity contribution in [3.63, 3.8) is 0 Å². The summed E-state index contributed by atoms with van der Waals surface area (Å²) in [6.45, 7) is 119. The van der Waals surface area contributed by atoms with Gasteiger partial charge in [-0.1, -0.05) is 257 Å². The number of nitrogens with zero attached hydrogens (tertiary/aromatic N) is 13. The van der Waals surface area contributed by atoms with Gasteiger partial charge in [-0.3, -0.25) is 42.8 Å². The fourth-order valence-electron chi connectivity index (χ4n) is 11.9. The molecular formula is C128H201N13O6S2. The second-order valence-electron chi connectivity index (χ2n) is 51.6. The van der Waals surface area contributed by atoms with Crippen LogP contribution in [0.2, 0.25) is 0 Å². The van der Waals surface area contributed by atoms with Crippen molar-refractivity contribution >= 4 is 69.8 Å². The number of ketones is 5. The van der Waals surface area contributed by atoms with Gasteiger partial charge in [0, 0.05) is 124 Å². The number of carbonyl (C=O) groups excluding carboxylic acids is 6. The van der Waals surface area contributed by atoms with Gasteiger partial charge in [-0.2, -0.15) is 19.7 Å². The molecule has 1 saturated heterocycles. The molecule has 1 amide bonds. The van der Waals surface area contributed by atoms with Gasteiger partial charge in [0.25, 0.3) is 0 Å². The zero-order valence-corrected chi connectivity index (χ0v) is 104. The van der Waals surface area contributed by atoms with Crippen molar-refractivity contribution in [2.75, 3.05) is 13.1 Å². The van der Waals surface area contributed by atoms with Crippen molar-refractivity contribution in [1.82, 2.24) is 62.7 Å². The molecule has 0 radical (unpaired) electrons. The Balaban J connectivity index is -0.000000499. The van der Waals surface area contributed by atoms with E-state index in [2.05, 4.69) is 330 Å². The fourth-order valence-corrected chi connectivity index (χ4v) is 13.6. The van der Waals surface area contributed by atoms with E-state index >= 15 is 0 Å². The van der Waals surface area contributed by atoms with Crippen LogP contribution in [0.1, 0.15) is 408 Å². The molecule has 2 aliphatic carbocycles. The largest absolute Gasteiger partial charge is 0.339 e. The lowest BCUT2D eigenvalue weighted by Crippen LogP contribution is -2.29. The number of likely N-dealkylation sites (tertiary alicyclic amines) is 1. The number of rotatable bonds is 6. The Hall–Kier alpha value is -11.4. The molecule has 1 fully saturated rings. The Morgan fingerprint density at radius 1 is 0.510 bits per heavy atom. The highest BCUT2D eigenvalue weighted by Crippen LogP contribution is 2.37. The first-order chi connectivity index (χ1) is 67.4. The molecule has 0 N–H and O–H groups in total. The number of aryl methyl sites for hydroxylation is 1. The molecule has 10 rings (SSSR count). The number of allylic oxidation sites excluding steroid dienone is 10. The van der Waals surface area contributed by atoms with Crippen LogP contribution in [0.5, 0.6) is 0 Å². The highest BCUT2D eigenvalue weighted by molar-refractivity contribution is 7.10. The number of hydrogen-bond donors (Lipinski definition) is 0. The summed E-state index contributed by atoms with van der Waals surface area (Å²) in [5.41, 5.74) is 7.74. The molecule has 8 heterocycles. The van der Waals surface area contributed by atoms with E-state index in [-0.39, 0.29) is 101 Å². The molecule has 3 unspecified atom stereocenters. The average Bonchev–Trinajstić information content (AvgIpc) is 1.70. The third-order valence-electron chi connectivity index (χ3n) is 22.0. The quantitative estimate of drug-likeness (QED) is 0.0860. The number of aromatic nitrogens is 12. The van der Waals surface area contributed by atoms with Crippen LogP contribution in [0.3, 0.4) is 0 Å². The highest BCUT2D eigenvalue weighted by Gasteiger charge is 2.35. The molecule has 1 aliphatic heterocycles. The van der Waals surface area contributed by atoms with Gasteiger partial charge < -0.3 is 14.0 Å². The number of imidazole rings is 2. The van der Waals surface area contributed by atoms with Gasteiger partial charge in [-0.15, -0.1) is 56.0 Å². The van der Waals surface area contributed by atoms with Gasteiger partial charge >= 0.3 is 0 Å².